The second-order valence-corrected chi connectivity index (χ2v) is 5.04. The van der Waals surface area contributed by atoms with Gasteiger partial charge in [-0.15, -0.1) is 0 Å². The van der Waals surface area contributed by atoms with E-state index in [-0.39, 0.29) is 41.1 Å². The van der Waals surface area contributed by atoms with Crippen molar-refractivity contribution in [2.45, 2.75) is 0 Å². The minimum absolute atomic E-state index is 0. The second kappa shape index (κ2) is 7.67. The van der Waals surface area contributed by atoms with Crippen molar-refractivity contribution in [3.05, 3.63) is 48.5 Å². The third kappa shape index (κ3) is 5.56. The zero-order valence-corrected chi connectivity index (χ0v) is 11.3. The van der Waals surface area contributed by atoms with Crippen LogP contribution in [0.5, 0.6) is 23.0 Å². The summed E-state index contributed by atoms with van der Waals surface area (Å²) in [5, 5.41) is 9.15. The Morgan fingerprint density at radius 2 is 1.29 bits per heavy atom. The summed E-state index contributed by atoms with van der Waals surface area (Å²) in [7, 11) is -3.01. The fraction of sp³-hybridized carbons (Fsp3) is 0.0769. The van der Waals surface area contributed by atoms with Gasteiger partial charge in [-0.1, -0.05) is 0 Å². The van der Waals surface area contributed by atoms with Gasteiger partial charge in [0.15, 0.2) is 0 Å². The van der Waals surface area contributed by atoms with Crippen molar-refractivity contribution in [1.29, 1.82) is 0 Å². The number of ether oxygens (including phenoxy) is 1. The maximum absolute atomic E-state index is 11.1. The van der Waals surface area contributed by atoms with Crippen LogP contribution in [-0.2, 0) is 14.6 Å². The van der Waals surface area contributed by atoms with Gasteiger partial charge in [0.1, 0.15) is 23.0 Å². The van der Waals surface area contributed by atoms with Crippen LogP contribution in [0.1, 0.15) is 0 Å². The molecule has 2 aromatic carbocycles. The van der Waals surface area contributed by atoms with Crippen LogP contribution in [0.25, 0.3) is 0 Å². The molecule has 0 aliphatic rings. The molecular weight excluding hydrogens is 307 g/mol. The number of rotatable bonds is 5. The second-order valence-electron chi connectivity index (χ2n) is 3.73. The maximum atomic E-state index is 11.1. The van der Waals surface area contributed by atoms with Gasteiger partial charge >= 0.3 is 40.0 Å². The van der Waals surface area contributed by atoms with Crippen molar-refractivity contribution in [2.24, 2.45) is 0 Å². The molecule has 0 spiro atoms. The Bertz CT molecular complexity index is 667. The van der Waals surface area contributed by atoms with Gasteiger partial charge in [0.25, 0.3) is 0 Å². The average Bonchev–Trinajstić information content (AvgIpc) is 2.43. The molecule has 0 aliphatic carbocycles. The molecule has 0 heterocycles. The van der Waals surface area contributed by atoms with E-state index in [1.165, 1.54) is 24.3 Å². The van der Waals surface area contributed by atoms with Crippen LogP contribution in [0.4, 0.5) is 0 Å². The van der Waals surface area contributed by atoms with E-state index in [9.17, 15) is 8.42 Å². The molecule has 0 bridgehead atoms. The molecule has 0 aliphatic heterocycles. The van der Waals surface area contributed by atoms with Crippen molar-refractivity contribution in [2.75, 3.05) is 7.11 Å². The fourth-order valence-electron chi connectivity index (χ4n) is 1.37. The standard InChI is InChI=1S/C13H12O6S.Na.H/c1-17-20(15,16)19-13-8-6-12(7-9-13)18-11-4-2-10(14)3-5-11;;/h2-9,14H,1H3;;. The number of phenols is 1. The number of phenolic OH excluding ortho intramolecular Hbond substituents is 1. The number of hydrogen-bond donors (Lipinski definition) is 1. The van der Waals surface area contributed by atoms with Crippen LogP contribution in [0.15, 0.2) is 48.5 Å². The third-order valence-electron chi connectivity index (χ3n) is 2.30. The quantitative estimate of drug-likeness (QED) is 0.846. The first kappa shape index (κ1) is 17.8. The molecule has 2 aromatic rings. The van der Waals surface area contributed by atoms with Gasteiger partial charge in [0.2, 0.25) is 0 Å². The van der Waals surface area contributed by atoms with Gasteiger partial charge in [-0.05, 0) is 48.5 Å². The molecule has 1 N–H and O–H groups in total. The van der Waals surface area contributed by atoms with Crippen LogP contribution in [0.2, 0.25) is 0 Å². The van der Waals surface area contributed by atoms with Crippen molar-refractivity contribution in [1.82, 2.24) is 0 Å². The molecule has 0 unspecified atom stereocenters. The molecule has 0 amide bonds. The first-order valence-electron chi connectivity index (χ1n) is 5.55. The molecule has 6 nitrogen and oxygen atoms in total. The molecule has 8 heteroatoms. The summed E-state index contributed by atoms with van der Waals surface area (Å²) in [4.78, 5) is 0. The summed E-state index contributed by atoms with van der Waals surface area (Å²) in [5.41, 5.74) is 0. The third-order valence-corrected chi connectivity index (χ3v) is 3.10. The fourth-order valence-corrected chi connectivity index (χ4v) is 1.78. The van der Waals surface area contributed by atoms with Crippen molar-refractivity contribution in [3.8, 4) is 23.0 Å². The monoisotopic (exact) mass is 320 g/mol. The topological polar surface area (TPSA) is 82.1 Å². The molecule has 0 aromatic heterocycles. The Kier molecular flexibility index (Phi) is 6.50. The number of aromatic hydroxyl groups is 1. The average molecular weight is 320 g/mol. The minimum atomic E-state index is -4.02. The molecular formula is C13H13NaO6S. The van der Waals surface area contributed by atoms with Crippen LogP contribution in [0.3, 0.4) is 0 Å². The summed E-state index contributed by atoms with van der Waals surface area (Å²) in [5.74, 6) is 1.30. The summed E-state index contributed by atoms with van der Waals surface area (Å²) >= 11 is 0. The molecule has 0 saturated carbocycles. The molecule has 21 heavy (non-hydrogen) atoms. The van der Waals surface area contributed by atoms with Crippen molar-refractivity contribution >= 4 is 40.0 Å². The molecule has 0 fully saturated rings. The summed E-state index contributed by atoms with van der Waals surface area (Å²) in [6.07, 6.45) is 0. The van der Waals surface area contributed by atoms with Crippen molar-refractivity contribution < 1.29 is 26.6 Å². The van der Waals surface area contributed by atoms with E-state index in [0.29, 0.717) is 11.5 Å². The van der Waals surface area contributed by atoms with E-state index in [4.69, 9.17) is 9.84 Å². The first-order valence-corrected chi connectivity index (χ1v) is 6.89. The normalized spacial score (nSPS) is 10.5. The van der Waals surface area contributed by atoms with Gasteiger partial charge in [-0.2, -0.15) is 8.42 Å². The number of hydrogen-bond acceptors (Lipinski definition) is 6. The Labute approximate surface area is 144 Å². The molecule has 0 atom stereocenters. The van der Waals surface area contributed by atoms with Crippen LogP contribution in [0, 0.1) is 0 Å². The summed E-state index contributed by atoms with van der Waals surface area (Å²) in [6.45, 7) is 0. The van der Waals surface area contributed by atoms with E-state index >= 15 is 0 Å². The summed E-state index contributed by atoms with van der Waals surface area (Å²) < 4.78 is 36.5. The summed E-state index contributed by atoms with van der Waals surface area (Å²) in [6, 6.07) is 12.2. The molecule has 108 valence electrons. The van der Waals surface area contributed by atoms with E-state index in [0.717, 1.165) is 7.11 Å². The van der Waals surface area contributed by atoms with Crippen molar-refractivity contribution in [3.63, 3.8) is 0 Å². The van der Waals surface area contributed by atoms with E-state index < -0.39 is 10.4 Å². The van der Waals surface area contributed by atoms with Gasteiger partial charge in [-0.3, -0.25) is 0 Å². The Morgan fingerprint density at radius 1 is 0.857 bits per heavy atom. The van der Waals surface area contributed by atoms with Crippen LogP contribution >= 0.6 is 0 Å². The van der Waals surface area contributed by atoms with Crippen LogP contribution in [-0.4, -0.2) is 50.2 Å². The first-order chi connectivity index (χ1) is 9.48. The zero-order chi connectivity index (χ0) is 14.6. The predicted molar refractivity (Wildman–Crippen MR) is 78.3 cm³/mol. The molecule has 2 rings (SSSR count). The van der Waals surface area contributed by atoms with Gasteiger partial charge in [0.05, 0.1) is 7.11 Å². The molecule has 0 radical (unpaired) electrons. The predicted octanol–water partition coefficient (Wildman–Crippen LogP) is 1.81. The Morgan fingerprint density at radius 3 is 1.76 bits per heavy atom. The van der Waals surface area contributed by atoms with Gasteiger partial charge in [0, 0.05) is 0 Å². The number of benzene rings is 2. The van der Waals surface area contributed by atoms with Gasteiger partial charge in [-0.25, -0.2) is 4.18 Å². The zero-order valence-electron chi connectivity index (χ0n) is 10.5. The molecule has 0 saturated heterocycles. The Balaban J connectivity index is 0.00000220. The van der Waals surface area contributed by atoms with E-state index in [1.54, 1.807) is 24.3 Å². The van der Waals surface area contributed by atoms with E-state index in [2.05, 4.69) is 8.37 Å². The van der Waals surface area contributed by atoms with Gasteiger partial charge < -0.3 is 14.0 Å². The SMILES string of the molecule is COS(=O)(=O)Oc1ccc(Oc2ccc(O)cc2)cc1.[NaH]. The van der Waals surface area contributed by atoms with E-state index in [1.807, 2.05) is 0 Å². The Hall–Kier alpha value is -1.25. The van der Waals surface area contributed by atoms with Crippen LogP contribution < -0.4 is 8.92 Å².